The van der Waals surface area contributed by atoms with Gasteiger partial charge in [0.25, 0.3) is 0 Å². The van der Waals surface area contributed by atoms with E-state index in [1.165, 1.54) is 25.1 Å². The van der Waals surface area contributed by atoms with Gasteiger partial charge in [0.15, 0.2) is 5.82 Å². The summed E-state index contributed by atoms with van der Waals surface area (Å²) in [5, 5.41) is 9.23. The Morgan fingerprint density at radius 1 is 1.00 bits per heavy atom. The van der Waals surface area contributed by atoms with E-state index < -0.39 is 43.9 Å². The van der Waals surface area contributed by atoms with Crippen LogP contribution in [-0.2, 0) is 4.74 Å². The van der Waals surface area contributed by atoms with Crippen LogP contribution in [0.2, 0.25) is 10.0 Å². The van der Waals surface area contributed by atoms with Crippen molar-refractivity contribution in [2.45, 2.75) is 12.8 Å². The molecule has 0 amide bonds. The fraction of sp³-hybridized carbons (Fsp3) is 0.200. The van der Waals surface area contributed by atoms with Crippen LogP contribution >= 0.6 is 23.2 Å². The number of hydrogen-bond donors (Lipinski definition) is 1. The zero-order valence-corrected chi connectivity index (χ0v) is 21.5. The van der Waals surface area contributed by atoms with Gasteiger partial charge in [-0.15, -0.1) is 0 Å². The van der Waals surface area contributed by atoms with Crippen molar-refractivity contribution in [1.82, 2.24) is 4.98 Å². The van der Waals surface area contributed by atoms with Gasteiger partial charge in [-0.2, -0.15) is 4.39 Å². The quantitative estimate of drug-likeness (QED) is 0.119. The molecular formula is C20H17BrCl2F4MgN2O3. The topological polar surface area (TPSA) is 68.2 Å². The second kappa shape index (κ2) is 17.1. The maximum absolute atomic E-state index is 13.1. The SMILES string of the molecule is C1CCOC1.Fc1cc2cc[nH]c2c(F)c1Cl.O=[N+]([O-])c1ccc(F)c(Cl)c1F.[Br-].[CH-]=C.[Mg+2]. The maximum atomic E-state index is 13.1. The van der Waals surface area contributed by atoms with Gasteiger partial charge >= 0.3 is 28.7 Å². The number of nitro groups is 1. The van der Waals surface area contributed by atoms with Crippen LogP contribution in [0.25, 0.3) is 10.9 Å². The van der Waals surface area contributed by atoms with Crippen molar-refractivity contribution in [2.24, 2.45) is 0 Å². The molecule has 1 fully saturated rings. The van der Waals surface area contributed by atoms with E-state index in [2.05, 4.69) is 18.1 Å². The number of aromatic nitrogens is 1. The Balaban J connectivity index is 0. The van der Waals surface area contributed by atoms with E-state index in [4.69, 9.17) is 27.9 Å². The molecule has 2 aromatic carbocycles. The average molecular weight is 584 g/mol. The molecule has 0 spiro atoms. The van der Waals surface area contributed by atoms with Crippen LogP contribution < -0.4 is 17.0 Å². The van der Waals surface area contributed by atoms with E-state index in [9.17, 15) is 27.7 Å². The van der Waals surface area contributed by atoms with Crippen LogP contribution in [0.1, 0.15) is 12.8 Å². The third-order valence-electron chi connectivity index (χ3n) is 3.72. The minimum absolute atomic E-state index is 0. The normalized spacial score (nSPS) is 11.3. The largest absolute Gasteiger partial charge is 2.00 e. The van der Waals surface area contributed by atoms with Crippen molar-refractivity contribution in [3.8, 4) is 0 Å². The van der Waals surface area contributed by atoms with Gasteiger partial charge in [-0.25, -0.2) is 13.2 Å². The summed E-state index contributed by atoms with van der Waals surface area (Å²) < 4.78 is 56.0. The van der Waals surface area contributed by atoms with Crippen molar-refractivity contribution in [2.75, 3.05) is 13.2 Å². The molecule has 2 heterocycles. The first kappa shape index (κ1) is 33.8. The van der Waals surface area contributed by atoms with E-state index in [0.29, 0.717) is 5.39 Å². The number of nitrogens with one attached hydrogen (secondary N) is 1. The van der Waals surface area contributed by atoms with Gasteiger partial charge in [0, 0.05) is 30.9 Å². The van der Waals surface area contributed by atoms with E-state index in [1.54, 1.807) is 6.07 Å². The maximum Gasteiger partial charge on any atom is 2.00 e. The van der Waals surface area contributed by atoms with Crippen molar-refractivity contribution in [3.63, 3.8) is 0 Å². The number of halogens is 7. The molecule has 5 nitrogen and oxygen atoms in total. The number of hydrogen-bond acceptors (Lipinski definition) is 3. The van der Waals surface area contributed by atoms with E-state index in [0.717, 1.165) is 25.3 Å². The molecule has 1 aromatic heterocycles. The van der Waals surface area contributed by atoms with Gasteiger partial charge in [-0.3, -0.25) is 16.7 Å². The summed E-state index contributed by atoms with van der Waals surface area (Å²) in [6, 6.07) is 4.23. The molecule has 0 saturated carbocycles. The molecule has 0 bridgehead atoms. The number of aromatic amines is 1. The number of nitrogens with zero attached hydrogens (tertiary/aromatic N) is 1. The predicted octanol–water partition coefficient (Wildman–Crippen LogP) is 3.65. The minimum atomic E-state index is -1.35. The number of nitro benzene ring substituents is 1. The Morgan fingerprint density at radius 3 is 2.03 bits per heavy atom. The summed E-state index contributed by atoms with van der Waals surface area (Å²) in [5.41, 5.74) is -0.595. The molecule has 176 valence electrons. The molecule has 4 rings (SSSR count). The zero-order chi connectivity index (χ0) is 23.6. The molecule has 1 aliphatic heterocycles. The van der Waals surface area contributed by atoms with Crippen molar-refractivity contribution >= 4 is 62.8 Å². The van der Waals surface area contributed by atoms with Crippen LogP contribution in [0.15, 0.2) is 37.0 Å². The molecule has 1 saturated heterocycles. The van der Waals surface area contributed by atoms with Crippen molar-refractivity contribution < 1.29 is 44.2 Å². The molecule has 0 radical (unpaired) electrons. The van der Waals surface area contributed by atoms with Crippen molar-refractivity contribution in [3.05, 3.63) is 87.0 Å². The van der Waals surface area contributed by atoms with Gasteiger partial charge in [0.2, 0.25) is 5.82 Å². The third kappa shape index (κ3) is 9.79. The monoisotopic (exact) mass is 582 g/mol. The molecule has 3 aromatic rings. The fourth-order valence-corrected chi connectivity index (χ4v) is 2.58. The molecular weight excluding hydrogens is 567 g/mol. The second-order valence-corrected chi connectivity index (χ2v) is 6.46. The predicted molar refractivity (Wildman–Crippen MR) is 117 cm³/mol. The number of rotatable bonds is 1. The van der Waals surface area contributed by atoms with Gasteiger partial charge in [0.05, 0.1) is 10.4 Å². The molecule has 0 atom stereocenters. The number of benzene rings is 2. The number of ether oxygens (including phenoxy) is 1. The summed E-state index contributed by atoms with van der Waals surface area (Å²) in [6.45, 7) is 9.00. The first-order valence-corrected chi connectivity index (χ1v) is 9.36. The summed E-state index contributed by atoms with van der Waals surface area (Å²) in [5.74, 6) is -3.83. The van der Waals surface area contributed by atoms with Crippen LogP contribution in [0.4, 0.5) is 23.2 Å². The molecule has 33 heavy (non-hydrogen) atoms. The Bertz CT molecular complexity index is 1030. The fourth-order valence-electron chi connectivity index (χ4n) is 2.27. The van der Waals surface area contributed by atoms with E-state index in [1.807, 2.05) is 0 Å². The Hall–Kier alpha value is -1.37. The number of fused-ring (bicyclic) bond motifs is 1. The standard InChI is InChI=1S/C8H4ClF2N.C6H2ClF2NO2.C4H8O.C2H3.BrH.Mg/c9-6-5(10)3-4-1-2-12-8(4)7(6)11;7-5-3(8)1-2-4(6(5)9)10(11)12;1-2-4-5-3-1;1-2;;/h1-3,12H;1-2H;1-4H2;1H,2H2;1H;/q;;;-1;;+2/p-1. The molecule has 0 unspecified atom stereocenters. The van der Waals surface area contributed by atoms with E-state index >= 15 is 0 Å². The smallest absolute Gasteiger partial charge is 1.00 e. The summed E-state index contributed by atoms with van der Waals surface area (Å²) in [6.07, 6.45) is 4.09. The average Bonchev–Trinajstić information content (AvgIpc) is 3.47. The molecule has 0 aliphatic carbocycles. The minimum Gasteiger partial charge on any atom is -1.00 e. The summed E-state index contributed by atoms with van der Waals surface area (Å²) in [7, 11) is 0. The molecule has 1 N–H and O–H groups in total. The number of H-pyrrole nitrogens is 1. The van der Waals surface area contributed by atoms with Gasteiger partial charge in [-0.05, 0) is 31.0 Å². The van der Waals surface area contributed by atoms with Gasteiger partial charge in [0.1, 0.15) is 21.7 Å². The van der Waals surface area contributed by atoms with Crippen LogP contribution in [0, 0.1) is 40.0 Å². The molecule has 13 heteroatoms. The summed E-state index contributed by atoms with van der Waals surface area (Å²) in [4.78, 5) is 11.7. The molecule has 1 aliphatic rings. The van der Waals surface area contributed by atoms with Crippen LogP contribution in [0.5, 0.6) is 0 Å². The van der Waals surface area contributed by atoms with Crippen LogP contribution in [0.3, 0.4) is 0 Å². The van der Waals surface area contributed by atoms with E-state index in [-0.39, 0.29) is 45.6 Å². The Morgan fingerprint density at radius 2 is 1.55 bits per heavy atom. The first-order chi connectivity index (χ1) is 14.7. The summed E-state index contributed by atoms with van der Waals surface area (Å²) >= 11 is 10.4. The van der Waals surface area contributed by atoms with Crippen LogP contribution in [-0.4, -0.2) is 46.2 Å². The Kier molecular flexibility index (Phi) is 17.5. The van der Waals surface area contributed by atoms with Crippen molar-refractivity contribution in [1.29, 1.82) is 0 Å². The first-order valence-electron chi connectivity index (χ1n) is 8.61. The second-order valence-electron chi connectivity index (χ2n) is 5.70. The van der Waals surface area contributed by atoms with Gasteiger partial charge in [-0.1, -0.05) is 23.2 Å². The third-order valence-corrected chi connectivity index (χ3v) is 4.42. The van der Waals surface area contributed by atoms with Gasteiger partial charge < -0.3 is 33.3 Å². The zero-order valence-electron chi connectivity index (χ0n) is 17.0. The Labute approximate surface area is 224 Å².